The van der Waals surface area contributed by atoms with E-state index in [1.54, 1.807) is 27.7 Å². The van der Waals surface area contributed by atoms with Gasteiger partial charge in [0.15, 0.2) is 0 Å². The predicted molar refractivity (Wildman–Crippen MR) is 98.5 cm³/mol. The first kappa shape index (κ1) is 18.7. The molecule has 0 N–H and O–H groups in total. The number of carbonyl (C=O) groups excluding carboxylic acids is 3. The molecule has 0 unspecified atom stereocenters. The lowest BCUT2D eigenvalue weighted by molar-refractivity contribution is -0.142. The van der Waals surface area contributed by atoms with E-state index >= 15 is 0 Å². The van der Waals surface area contributed by atoms with Gasteiger partial charge in [0.05, 0.1) is 12.0 Å². The Labute approximate surface area is 158 Å². The third kappa shape index (κ3) is 3.43. The van der Waals surface area contributed by atoms with Crippen molar-refractivity contribution in [3.05, 3.63) is 34.9 Å². The van der Waals surface area contributed by atoms with Crippen LogP contribution < -0.4 is 0 Å². The first-order valence-corrected chi connectivity index (χ1v) is 9.40. The Morgan fingerprint density at radius 3 is 2.31 bits per heavy atom. The largest absolute Gasteiger partial charge is 0.339 e. The smallest absolute Gasteiger partial charge is 0.228 e. The van der Waals surface area contributed by atoms with E-state index in [0.29, 0.717) is 37.7 Å². The van der Waals surface area contributed by atoms with Gasteiger partial charge in [-0.25, -0.2) is 0 Å². The monoisotopic (exact) mass is 377 g/mol. The number of carbonyl (C=O) groups is 3. The molecular weight excluding hydrogens is 354 g/mol. The van der Waals surface area contributed by atoms with E-state index in [1.165, 1.54) is 0 Å². The quantitative estimate of drug-likeness (QED) is 0.808. The van der Waals surface area contributed by atoms with Crippen LogP contribution in [0, 0.1) is 5.92 Å². The minimum atomic E-state index is -0.439. The maximum Gasteiger partial charge on any atom is 0.228 e. The van der Waals surface area contributed by atoms with E-state index in [9.17, 15) is 14.4 Å². The maximum absolute atomic E-state index is 13.2. The summed E-state index contributed by atoms with van der Waals surface area (Å²) in [6.45, 7) is 6.08. The van der Waals surface area contributed by atoms with Gasteiger partial charge in [0, 0.05) is 51.1 Å². The van der Waals surface area contributed by atoms with E-state index in [1.807, 2.05) is 25.1 Å². The van der Waals surface area contributed by atoms with Gasteiger partial charge in [-0.15, -0.1) is 0 Å². The standard InChI is InChI=1S/C19H24ClN3O3/c1-3-23-17(25)12-15(18(23)14-6-4-5-7-16(14)20)19(26)22-10-8-21(9-11-22)13(2)24/h4-7,15,18H,3,8-12H2,1-2H3/t15-,18+/m1/s1. The number of hydrogen-bond donors (Lipinski definition) is 0. The van der Waals surface area contributed by atoms with Crippen LogP contribution >= 0.6 is 11.6 Å². The summed E-state index contributed by atoms with van der Waals surface area (Å²) in [7, 11) is 0. The molecule has 2 heterocycles. The molecule has 3 amide bonds. The molecule has 0 aliphatic carbocycles. The number of benzene rings is 1. The first-order chi connectivity index (χ1) is 12.4. The van der Waals surface area contributed by atoms with E-state index in [-0.39, 0.29) is 30.2 Å². The van der Waals surface area contributed by atoms with Crippen molar-refractivity contribution in [2.45, 2.75) is 26.3 Å². The fourth-order valence-corrected chi connectivity index (χ4v) is 4.21. The summed E-state index contributed by atoms with van der Waals surface area (Å²) >= 11 is 6.38. The summed E-state index contributed by atoms with van der Waals surface area (Å²) in [4.78, 5) is 42.4. The first-order valence-electron chi connectivity index (χ1n) is 9.02. The van der Waals surface area contributed by atoms with Gasteiger partial charge in [-0.05, 0) is 18.6 Å². The second-order valence-electron chi connectivity index (χ2n) is 6.79. The summed E-state index contributed by atoms with van der Waals surface area (Å²) < 4.78 is 0. The molecule has 26 heavy (non-hydrogen) atoms. The Bertz CT molecular complexity index is 716. The molecule has 7 heteroatoms. The lowest BCUT2D eigenvalue weighted by Crippen LogP contribution is -2.52. The summed E-state index contributed by atoms with van der Waals surface area (Å²) in [5.74, 6) is -0.453. The molecule has 6 nitrogen and oxygen atoms in total. The van der Waals surface area contributed by atoms with Gasteiger partial charge in [0.1, 0.15) is 0 Å². The van der Waals surface area contributed by atoms with Crippen molar-refractivity contribution in [3.8, 4) is 0 Å². The average molecular weight is 378 g/mol. The number of nitrogens with zero attached hydrogens (tertiary/aromatic N) is 3. The molecule has 1 aromatic carbocycles. The van der Waals surface area contributed by atoms with Crippen LogP contribution in [0.4, 0.5) is 0 Å². The molecule has 2 atom stereocenters. The SMILES string of the molecule is CCN1C(=O)C[C@@H](C(=O)N2CCN(C(C)=O)CC2)[C@@H]1c1ccccc1Cl. The van der Waals surface area contributed by atoms with Crippen molar-refractivity contribution in [2.24, 2.45) is 5.92 Å². The minimum Gasteiger partial charge on any atom is -0.339 e. The Kier molecular flexibility index (Phi) is 5.51. The molecule has 2 fully saturated rings. The maximum atomic E-state index is 13.2. The summed E-state index contributed by atoms with van der Waals surface area (Å²) in [6.07, 6.45) is 0.204. The molecule has 0 bridgehead atoms. The van der Waals surface area contributed by atoms with Crippen LogP contribution in [0.2, 0.25) is 5.02 Å². The molecule has 0 radical (unpaired) electrons. The minimum absolute atomic E-state index is 0.0156. The van der Waals surface area contributed by atoms with Gasteiger partial charge >= 0.3 is 0 Å². The number of rotatable bonds is 3. The highest BCUT2D eigenvalue weighted by atomic mass is 35.5. The van der Waals surface area contributed by atoms with Crippen LogP contribution in [0.25, 0.3) is 0 Å². The molecule has 0 spiro atoms. The summed E-state index contributed by atoms with van der Waals surface area (Å²) in [5, 5.41) is 0.574. The van der Waals surface area contributed by atoms with E-state index in [0.717, 1.165) is 5.56 Å². The van der Waals surface area contributed by atoms with Crippen molar-refractivity contribution in [2.75, 3.05) is 32.7 Å². The Hall–Kier alpha value is -2.08. The van der Waals surface area contributed by atoms with Crippen molar-refractivity contribution in [3.63, 3.8) is 0 Å². The molecule has 1 aromatic rings. The third-order valence-electron chi connectivity index (χ3n) is 5.35. The van der Waals surface area contributed by atoms with Crippen LogP contribution in [-0.2, 0) is 14.4 Å². The highest BCUT2D eigenvalue weighted by Crippen LogP contribution is 2.41. The predicted octanol–water partition coefficient (Wildman–Crippen LogP) is 1.94. The summed E-state index contributed by atoms with van der Waals surface area (Å²) in [5.41, 5.74) is 0.822. The molecule has 0 aromatic heterocycles. The van der Waals surface area contributed by atoms with Crippen molar-refractivity contribution < 1.29 is 14.4 Å². The number of hydrogen-bond acceptors (Lipinski definition) is 3. The number of likely N-dealkylation sites (tertiary alicyclic amines) is 1. The fourth-order valence-electron chi connectivity index (χ4n) is 3.96. The van der Waals surface area contributed by atoms with E-state index in [4.69, 9.17) is 11.6 Å². The zero-order valence-electron chi connectivity index (χ0n) is 15.2. The molecule has 2 aliphatic rings. The Balaban J connectivity index is 1.83. The Morgan fingerprint density at radius 2 is 1.73 bits per heavy atom. The van der Waals surface area contributed by atoms with Crippen molar-refractivity contribution in [1.82, 2.24) is 14.7 Å². The zero-order chi connectivity index (χ0) is 18.8. The molecular formula is C19H24ClN3O3. The molecule has 3 rings (SSSR count). The van der Waals surface area contributed by atoms with Crippen LogP contribution in [-0.4, -0.2) is 65.1 Å². The molecule has 0 saturated carbocycles. The highest BCUT2D eigenvalue weighted by Gasteiger charge is 2.46. The summed E-state index contributed by atoms with van der Waals surface area (Å²) in [6, 6.07) is 7.07. The number of piperazine rings is 1. The highest BCUT2D eigenvalue weighted by molar-refractivity contribution is 6.31. The lowest BCUT2D eigenvalue weighted by Gasteiger charge is -2.37. The molecule has 2 aliphatic heterocycles. The van der Waals surface area contributed by atoms with Crippen LogP contribution in [0.3, 0.4) is 0 Å². The number of amides is 3. The van der Waals surface area contributed by atoms with Gasteiger partial charge in [-0.2, -0.15) is 0 Å². The normalized spacial score (nSPS) is 23.5. The Morgan fingerprint density at radius 1 is 1.12 bits per heavy atom. The van der Waals surface area contributed by atoms with Crippen LogP contribution in [0.5, 0.6) is 0 Å². The van der Waals surface area contributed by atoms with Crippen molar-refractivity contribution >= 4 is 29.3 Å². The fraction of sp³-hybridized carbons (Fsp3) is 0.526. The average Bonchev–Trinajstić information content (AvgIpc) is 2.97. The van der Waals surface area contributed by atoms with Crippen LogP contribution in [0.1, 0.15) is 31.9 Å². The topological polar surface area (TPSA) is 60.9 Å². The van der Waals surface area contributed by atoms with E-state index in [2.05, 4.69) is 0 Å². The molecule has 2 saturated heterocycles. The van der Waals surface area contributed by atoms with Crippen molar-refractivity contribution in [1.29, 1.82) is 0 Å². The lowest BCUT2D eigenvalue weighted by atomic mass is 9.92. The second-order valence-corrected chi connectivity index (χ2v) is 7.20. The number of halogens is 1. The van der Waals surface area contributed by atoms with Gasteiger partial charge in [-0.1, -0.05) is 29.8 Å². The van der Waals surface area contributed by atoms with Gasteiger partial charge in [-0.3, -0.25) is 14.4 Å². The molecule has 140 valence electrons. The van der Waals surface area contributed by atoms with E-state index < -0.39 is 5.92 Å². The van der Waals surface area contributed by atoms with Crippen LogP contribution in [0.15, 0.2) is 24.3 Å². The third-order valence-corrected chi connectivity index (χ3v) is 5.69. The van der Waals surface area contributed by atoms with Gasteiger partial charge in [0.2, 0.25) is 17.7 Å². The second kappa shape index (κ2) is 7.66. The van der Waals surface area contributed by atoms with Gasteiger partial charge < -0.3 is 14.7 Å². The van der Waals surface area contributed by atoms with Gasteiger partial charge in [0.25, 0.3) is 0 Å². The zero-order valence-corrected chi connectivity index (χ0v) is 15.9.